The summed E-state index contributed by atoms with van der Waals surface area (Å²) >= 11 is 0. The fraction of sp³-hybridized carbons (Fsp3) is 0.667. The maximum absolute atomic E-state index is 11.5. The van der Waals surface area contributed by atoms with Crippen molar-refractivity contribution in [1.82, 2.24) is 0 Å². The largest absolute Gasteiger partial charge is 0.426 e. The Morgan fingerprint density at radius 3 is 1.56 bits per heavy atom. The van der Waals surface area contributed by atoms with Gasteiger partial charge in [0.2, 0.25) is 0 Å². The maximum atomic E-state index is 11.5. The Kier molecular flexibility index (Phi) is 1.69. The van der Waals surface area contributed by atoms with Crippen LogP contribution in [0.5, 0.6) is 0 Å². The van der Waals surface area contributed by atoms with Crippen molar-refractivity contribution < 1.29 is 23.4 Å². The number of rotatable bonds is 1. The predicted molar refractivity (Wildman–Crippen MR) is 18.8 cm³/mol. The molecule has 0 aliphatic carbocycles. The molecule has 1 atom stereocenters. The van der Waals surface area contributed by atoms with E-state index in [1.54, 1.807) is 0 Å². The smallest absolute Gasteiger partial charge is 0.344 e. The van der Waals surface area contributed by atoms with Crippen LogP contribution in [0.1, 0.15) is 0 Å². The summed E-state index contributed by atoms with van der Waals surface area (Å²) in [6.07, 6.45) is -5.03. The number of hydrogen-bond donors (Lipinski definition) is 2. The molecule has 0 spiro atoms. The minimum Gasteiger partial charge on any atom is -0.344 e. The van der Waals surface area contributed by atoms with Gasteiger partial charge in [0.1, 0.15) is 6.07 Å². The van der Waals surface area contributed by atoms with Crippen molar-refractivity contribution in [3.8, 4) is 6.07 Å². The molecule has 9 heavy (non-hydrogen) atoms. The van der Waals surface area contributed by atoms with Crippen molar-refractivity contribution in [2.45, 2.75) is 12.0 Å². The molecule has 52 valence electrons. The lowest BCUT2D eigenvalue weighted by Crippen LogP contribution is -2.42. The van der Waals surface area contributed by atoms with Crippen LogP contribution in [0.2, 0.25) is 0 Å². The Morgan fingerprint density at radius 1 is 1.22 bits per heavy atom. The topological polar surface area (TPSA) is 64.2 Å². The standard InChI is InChI=1S/C3H2F3NO2/c4-2(8,1-7)3(5,6)9/h8-9H. The zero-order valence-corrected chi connectivity index (χ0v) is 3.98. The van der Waals surface area contributed by atoms with Crippen LogP contribution >= 0.6 is 0 Å². The van der Waals surface area contributed by atoms with Gasteiger partial charge in [0.05, 0.1) is 0 Å². The summed E-state index contributed by atoms with van der Waals surface area (Å²) in [4.78, 5) is 0. The van der Waals surface area contributed by atoms with Gasteiger partial charge in [-0.1, -0.05) is 0 Å². The zero-order valence-electron chi connectivity index (χ0n) is 3.98. The lowest BCUT2D eigenvalue weighted by Gasteiger charge is -2.14. The molecule has 0 radical (unpaired) electrons. The van der Waals surface area contributed by atoms with Gasteiger partial charge >= 0.3 is 12.0 Å². The van der Waals surface area contributed by atoms with Crippen LogP contribution < -0.4 is 0 Å². The second-order valence-electron chi connectivity index (χ2n) is 1.28. The third-order valence-corrected chi connectivity index (χ3v) is 0.547. The van der Waals surface area contributed by atoms with E-state index >= 15 is 0 Å². The predicted octanol–water partition coefficient (Wildman–Crippen LogP) is -0.247. The Morgan fingerprint density at radius 2 is 1.56 bits per heavy atom. The summed E-state index contributed by atoms with van der Waals surface area (Å²) < 4.78 is 33.9. The van der Waals surface area contributed by atoms with Crippen LogP contribution in [0.15, 0.2) is 0 Å². The highest BCUT2D eigenvalue weighted by Gasteiger charge is 2.53. The molecule has 1 unspecified atom stereocenters. The number of alkyl halides is 3. The fourth-order valence-electron chi connectivity index (χ4n) is 0.0673. The molecule has 0 aromatic rings. The summed E-state index contributed by atoms with van der Waals surface area (Å²) in [5.74, 6) is -4.49. The van der Waals surface area contributed by atoms with Crippen LogP contribution in [0.25, 0.3) is 0 Å². The first-order chi connectivity index (χ1) is 3.81. The summed E-state index contributed by atoms with van der Waals surface area (Å²) in [5, 5.41) is 22.4. The van der Waals surface area contributed by atoms with Gasteiger partial charge in [0, 0.05) is 0 Å². The zero-order chi connectivity index (χ0) is 7.71. The molecule has 0 fully saturated rings. The number of hydrogen-bond acceptors (Lipinski definition) is 3. The Hall–Kier alpha value is -0.800. The fourth-order valence-corrected chi connectivity index (χ4v) is 0.0673. The molecule has 0 heterocycles. The second kappa shape index (κ2) is 1.86. The highest BCUT2D eigenvalue weighted by atomic mass is 19.3. The Bertz CT molecular complexity index is 144. The van der Waals surface area contributed by atoms with Crippen LogP contribution in [-0.2, 0) is 0 Å². The SMILES string of the molecule is N#CC(O)(F)C(O)(F)F. The lowest BCUT2D eigenvalue weighted by atomic mass is 10.3. The molecule has 2 N–H and O–H groups in total. The minimum absolute atomic E-state index is 0.170. The van der Waals surface area contributed by atoms with Crippen molar-refractivity contribution in [2.75, 3.05) is 0 Å². The van der Waals surface area contributed by atoms with Crippen molar-refractivity contribution in [1.29, 1.82) is 5.26 Å². The van der Waals surface area contributed by atoms with Gasteiger partial charge < -0.3 is 10.2 Å². The summed E-state index contributed by atoms with van der Waals surface area (Å²) in [7, 11) is 0. The van der Waals surface area contributed by atoms with Gasteiger partial charge in [-0.05, 0) is 0 Å². The molecule has 0 bridgehead atoms. The van der Waals surface area contributed by atoms with Crippen molar-refractivity contribution in [3.05, 3.63) is 0 Å². The molecule has 0 rings (SSSR count). The Labute approximate surface area is 47.9 Å². The van der Waals surface area contributed by atoms with Gasteiger partial charge in [-0.2, -0.15) is 18.4 Å². The molecule has 0 amide bonds. The van der Waals surface area contributed by atoms with E-state index in [2.05, 4.69) is 0 Å². The minimum atomic E-state index is -5.03. The van der Waals surface area contributed by atoms with Crippen molar-refractivity contribution in [2.24, 2.45) is 0 Å². The number of halogens is 3. The van der Waals surface area contributed by atoms with E-state index in [0.29, 0.717) is 0 Å². The normalized spacial score (nSPS) is 18.2. The molecule has 6 heteroatoms. The van der Waals surface area contributed by atoms with E-state index in [9.17, 15) is 13.2 Å². The third kappa shape index (κ3) is 1.55. The van der Waals surface area contributed by atoms with Gasteiger partial charge in [-0.3, -0.25) is 0 Å². The van der Waals surface area contributed by atoms with Gasteiger partial charge in [0.25, 0.3) is 0 Å². The summed E-state index contributed by atoms with van der Waals surface area (Å²) in [6.45, 7) is 0. The van der Waals surface area contributed by atoms with E-state index in [4.69, 9.17) is 15.5 Å². The van der Waals surface area contributed by atoms with Gasteiger partial charge in [-0.15, -0.1) is 0 Å². The van der Waals surface area contributed by atoms with Gasteiger partial charge in [-0.25, -0.2) is 0 Å². The van der Waals surface area contributed by atoms with E-state index in [1.807, 2.05) is 0 Å². The first-order valence-corrected chi connectivity index (χ1v) is 1.74. The van der Waals surface area contributed by atoms with Crippen LogP contribution in [0.4, 0.5) is 13.2 Å². The molecule has 0 aliphatic heterocycles. The summed E-state index contributed by atoms with van der Waals surface area (Å²) in [5.41, 5.74) is 0. The molecule has 0 saturated heterocycles. The highest BCUT2D eigenvalue weighted by molar-refractivity contribution is 4.96. The average Bonchev–Trinajstić information content (AvgIpc) is 1.64. The number of nitrogens with zero attached hydrogens (tertiary/aromatic N) is 1. The van der Waals surface area contributed by atoms with Crippen LogP contribution in [-0.4, -0.2) is 22.2 Å². The van der Waals surface area contributed by atoms with Crippen molar-refractivity contribution in [3.63, 3.8) is 0 Å². The third-order valence-electron chi connectivity index (χ3n) is 0.547. The lowest BCUT2D eigenvalue weighted by molar-refractivity contribution is -0.328. The molecule has 0 saturated carbocycles. The molecular weight excluding hydrogens is 139 g/mol. The monoisotopic (exact) mass is 141 g/mol. The molecule has 0 aromatic carbocycles. The first kappa shape index (κ1) is 8.20. The van der Waals surface area contributed by atoms with Crippen molar-refractivity contribution >= 4 is 0 Å². The van der Waals surface area contributed by atoms with Gasteiger partial charge in [0.15, 0.2) is 0 Å². The van der Waals surface area contributed by atoms with E-state index in [-0.39, 0.29) is 6.07 Å². The van der Waals surface area contributed by atoms with Crippen LogP contribution in [0, 0.1) is 11.3 Å². The molecular formula is C3H2F3NO2. The molecule has 3 nitrogen and oxygen atoms in total. The summed E-state index contributed by atoms with van der Waals surface area (Å²) in [6, 6.07) is 0.170. The Balaban J connectivity index is 4.39. The number of nitriles is 1. The molecule has 0 aliphatic rings. The highest BCUT2D eigenvalue weighted by Crippen LogP contribution is 2.25. The van der Waals surface area contributed by atoms with E-state index in [0.717, 1.165) is 0 Å². The number of aliphatic hydroxyl groups is 2. The van der Waals surface area contributed by atoms with E-state index < -0.39 is 12.0 Å². The van der Waals surface area contributed by atoms with Crippen LogP contribution in [0.3, 0.4) is 0 Å². The quantitative estimate of drug-likeness (QED) is 0.495. The second-order valence-corrected chi connectivity index (χ2v) is 1.28. The maximum Gasteiger partial charge on any atom is 0.426 e. The van der Waals surface area contributed by atoms with E-state index in [1.165, 1.54) is 0 Å². The first-order valence-electron chi connectivity index (χ1n) is 1.74. The average molecular weight is 141 g/mol. The molecule has 0 aromatic heterocycles.